The minimum Gasteiger partial charge on any atom is -0.383 e. The van der Waals surface area contributed by atoms with Crippen LogP contribution >= 0.6 is 0 Å². The van der Waals surface area contributed by atoms with Crippen LogP contribution in [0.5, 0.6) is 0 Å². The lowest BCUT2D eigenvalue weighted by atomic mass is 9.85. The topological polar surface area (TPSA) is 15.6 Å². The molecule has 1 aromatic carbocycles. The zero-order chi connectivity index (χ0) is 12.8. The van der Waals surface area contributed by atoms with E-state index in [0.29, 0.717) is 0 Å². The van der Waals surface area contributed by atoms with Crippen molar-refractivity contribution >= 4 is 25.2 Å². The van der Waals surface area contributed by atoms with E-state index in [1.807, 2.05) is 19.7 Å². The summed E-state index contributed by atoms with van der Waals surface area (Å²) in [4.78, 5) is 6.62. The fourth-order valence-electron chi connectivity index (χ4n) is 1.96. The van der Waals surface area contributed by atoms with E-state index in [0.717, 1.165) is 22.8 Å². The highest BCUT2D eigenvalue weighted by Gasteiger charge is 2.20. The van der Waals surface area contributed by atoms with Gasteiger partial charge in [0.15, 0.2) is 0 Å². The Morgan fingerprint density at radius 3 is 2.53 bits per heavy atom. The summed E-state index contributed by atoms with van der Waals surface area (Å²) in [5.41, 5.74) is 4.67. The molecular weight excluding hydrogens is 207 g/mol. The van der Waals surface area contributed by atoms with Gasteiger partial charge in [-0.05, 0) is 30.0 Å². The van der Waals surface area contributed by atoms with Crippen molar-refractivity contribution in [2.24, 2.45) is 4.99 Å². The van der Waals surface area contributed by atoms with Crippen molar-refractivity contribution < 1.29 is 0 Å². The van der Waals surface area contributed by atoms with Crippen molar-refractivity contribution in [1.29, 1.82) is 0 Å². The first-order chi connectivity index (χ1) is 7.80. The highest BCUT2D eigenvalue weighted by molar-refractivity contribution is 6.22. The lowest BCUT2D eigenvalue weighted by Crippen LogP contribution is -2.26. The zero-order valence-corrected chi connectivity index (χ0v) is 11.3. The molecule has 0 aliphatic carbocycles. The van der Waals surface area contributed by atoms with Gasteiger partial charge < -0.3 is 4.81 Å². The molecule has 1 aliphatic heterocycles. The van der Waals surface area contributed by atoms with Gasteiger partial charge in [-0.3, -0.25) is 0 Å². The summed E-state index contributed by atoms with van der Waals surface area (Å²) in [5.74, 6) is 0.992. The minimum absolute atomic E-state index is 0.157. The second-order valence-corrected chi connectivity index (χ2v) is 5.65. The van der Waals surface area contributed by atoms with Crippen LogP contribution in [-0.2, 0) is 5.41 Å². The Kier molecular flexibility index (Phi) is 2.65. The third-order valence-corrected chi connectivity index (χ3v) is 3.35. The quantitative estimate of drug-likeness (QED) is 0.621. The largest absolute Gasteiger partial charge is 0.383 e. The number of amidine groups is 1. The number of nitrogens with zero attached hydrogens (tertiary/aromatic N) is 2. The Morgan fingerprint density at radius 2 is 1.94 bits per heavy atom. The standard InChI is InChI=1S/C14H19BN2/c1-9-12-8-11(14(3,4)5)6-7-13(12)16-10(2)17(9)15/h6-8H,1,15H2,2-5H3. The second-order valence-electron chi connectivity index (χ2n) is 5.65. The van der Waals surface area contributed by atoms with Crippen molar-refractivity contribution in [2.45, 2.75) is 33.1 Å². The summed E-state index contributed by atoms with van der Waals surface area (Å²) in [7, 11) is 2.01. The Bertz CT molecular complexity index is 509. The SMILES string of the molecule is BN1C(=C)c2cc(C(C)(C)C)ccc2N=C1C. The molecule has 0 amide bonds. The Morgan fingerprint density at radius 1 is 1.29 bits per heavy atom. The van der Waals surface area contributed by atoms with Gasteiger partial charge in [-0.15, -0.1) is 0 Å². The lowest BCUT2D eigenvalue weighted by molar-refractivity contribution is 0.590. The molecule has 0 spiro atoms. The van der Waals surface area contributed by atoms with Crippen molar-refractivity contribution in [3.63, 3.8) is 0 Å². The van der Waals surface area contributed by atoms with Crippen LogP contribution in [-0.4, -0.2) is 18.6 Å². The van der Waals surface area contributed by atoms with E-state index in [9.17, 15) is 0 Å². The molecule has 88 valence electrons. The Labute approximate surface area is 104 Å². The average molecular weight is 226 g/mol. The van der Waals surface area contributed by atoms with Crippen molar-refractivity contribution in [3.05, 3.63) is 35.9 Å². The molecule has 1 aromatic rings. The van der Waals surface area contributed by atoms with E-state index < -0.39 is 0 Å². The monoisotopic (exact) mass is 226 g/mol. The van der Waals surface area contributed by atoms with Crippen LogP contribution in [0.3, 0.4) is 0 Å². The zero-order valence-electron chi connectivity index (χ0n) is 11.3. The molecule has 0 saturated heterocycles. The van der Waals surface area contributed by atoms with E-state index in [-0.39, 0.29) is 5.41 Å². The lowest BCUT2D eigenvalue weighted by Gasteiger charge is -2.29. The summed E-state index contributed by atoms with van der Waals surface area (Å²) in [6.07, 6.45) is 0. The molecule has 0 unspecified atom stereocenters. The maximum Gasteiger partial charge on any atom is 0.225 e. The van der Waals surface area contributed by atoms with Crippen LogP contribution in [0.25, 0.3) is 5.70 Å². The smallest absolute Gasteiger partial charge is 0.225 e. The molecule has 0 N–H and O–H groups in total. The fraction of sp³-hybridized carbons (Fsp3) is 0.357. The minimum atomic E-state index is 0.157. The highest BCUT2D eigenvalue weighted by Crippen LogP contribution is 2.35. The van der Waals surface area contributed by atoms with Crippen molar-refractivity contribution in [1.82, 2.24) is 4.81 Å². The van der Waals surface area contributed by atoms with Crippen LogP contribution in [0, 0.1) is 0 Å². The molecule has 3 heteroatoms. The molecule has 0 radical (unpaired) electrons. The molecule has 0 aromatic heterocycles. The molecule has 1 aliphatic rings. The van der Waals surface area contributed by atoms with E-state index in [2.05, 4.69) is 50.5 Å². The third-order valence-electron chi connectivity index (χ3n) is 3.35. The molecule has 17 heavy (non-hydrogen) atoms. The first kappa shape index (κ1) is 12.0. The highest BCUT2D eigenvalue weighted by atomic mass is 15.1. The molecule has 2 nitrogen and oxygen atoms in total. The number of aliphatic imine (C=N–C) groups is 1. The summed E-state index contributed by atoms with van der Waals surface area (Å²) in [6, 6.07) is 6.47. The number of hydrogen-bond acceptors (Lipinski definition) is 2. The van der Waals surface area contributed by atoms with E-state index >= 15 is 0 Å². The van der Waals surface area contributed by atoms with Crippen LogP contribution in [0.1, 0.15) is 38.8 Å². The molecule has 0 fully saturated rings. The number of rotatable bonds is 0. The molecule has 0 saturated carbocycles. The van der Waals surface area contributed by atoms with Crippen molar-refractivity contribution in [3.8, 4) is 0 Å². The first-order valence-electron chi connectivity index (χ1n) is 5.93. The van der Waals surface area contributed by atoms with Crippen LogP contribution in [0.2, 0.25) is 0 Å². The molecule has 1 heterocycles. The van der Waals surface area contributed by atoms with Gasteiger partial charge in [0.25, 0.3) is 0 Å². The Balaban J connectivity index is 2.58. The van der Waals surface area contributed by atoms with E-state index in [4.69, 9.17) is 0 Å². The Hall–Kier alpha value is -1.51. The van der Waals surface area contributed by atoms with Crippen LogP contribution in [0.4, 0.5) is 5.69 Å². The average Bonchev–Trinajstić information content (AvgIpc) is 2.24. The summed E-state index contributed by atoms with van der Waals surface area (Å²) >= 11 is 0. The maximum absolute atomic E-state index is 4.58. The second kappa shape index (κ2) is 3.76. The predicted octanol–water partition coefficient (Wildman–Crippen LogP) is 2.87. The number of hydrogen-bond donors (Lipinski definition) is 0. The summed E-state index contributed by atoms with van der Waals surface area (Å²) in [5, 5.41) is 0. The first-order valence-corrected chi connectivity index (χ1v) is 5.93. The molecule has 2 rings (SSSR count). The van der Waals surface area contributed by atoms with Gasteiger partial charge in [0, 0.05) is 11.3 Å². The van der Waals surface area contributed by atoms with Gasteiger partial charge in [0.05, 0.1) is 11.5 Å². The normalized spacial score (nSPS) is 15.6. The van der Waals surface area contributed by atoms with Gasteiger partial charge >= 0.3 is 0 Å². The van der Waals surface area contributed by atoms with Gasteiger partial charge in [0.1, 0.15) is 0 Å². The van der Waals surface area contributed by atoms with Gasteiger partial charge in [-0.1, -0.05) is 33.4 Å². The van der Waals surface area contributed by atoms with Gasteiger partial charge in [-0.2, -0.15) is 0 Å². The van der Waals surface area contributed by atoms with E-state index in [1.165, 1.54) is 5.56 Å². The number of benzene rings is 1. The third kappa shape index (κ3) is 2.02. The fourth-order valence-corrected chi connectivity index (χ4v) is 1.96. The van der Waals surface area contributed by atoms with Crippen molar-refractivity contribution in [2.75, 3.05) is 0 Å². The predicted molar refractivity (Wildman–Crippen MR) is 77.3 cm³/mol. The summed E-state index contributed by atoms with van der Waals surface area (Å²) < 4.78 is 0. The molecule has 0 bridgehead atoms. The van der Waals surface area contributed by atoms with Crippen LogP contribution in [0.15, 0.2) is 29.8 Å². The van der Waals surface area contributed by atoms with E-state index in [1.54, 1.807) is 0 Å². The summed E-state index contributed by atoms with van der Waals surface area (Å²) in [6.45, 7) is 12.8. The van der Waals surface area contributed by atoms with Crippen LogP contribution < -0.4 is 0 Å². The van der Waals surface area contributed by atoms with Gasteiger partial charge in [0.2, 0.25) is 7.98 Å². The molecular formula is C14H19BN2. The number of fused-ring (bicyclic) bond motifs is 1. The maximum atomic E-state index is 4.58. The van der Waals surface area contributed by atoms with Gasteiger partial charge in [-0.25, -0.2) is 4.99 Å². The molecule has 0 atom stereocenters.